The molecule has 20 heavy (non-hydrogen) atoms. The predicted octanol–water partition coefficient (Wildman–Crippen LogP) is 1.93. The SMILES string of the molecule is Cc1cccc(C(=O)N(C)C2COCC2C(=O)O)c1Br. The zero-order valence-electron chi connectivity index (χ0n) is 11.3. The summed E-state index contributed by atoms with van der Waals surface area (Å²) in [5.74, 6) is -1.81. The lowest BCUT2D eigenvalue weighted by molar-refractivity contribution is -0.142. The third-order valence-corrected chi connectivity index (χ3v) is 4.66. The van der Waals surface area contributed by atoms with Gasteiger partial charge in [0.15, 0.2) is 0 Å². The van der Waals surface area contributed by atoms with Gasteiger partial charge < -0.3 is 14.7 Å². The van der Waals surface area contributed by atoms with Gasteiger partial charge in [-0.1, -0.05) is 12.1 Å². The van der Waals surface area contributed by atoms with Crippen LogP contribution in [0, 0.1) is 12.8 Å². The highest BCUT2D eigenvalue weighted by Crippen LogP contribution is 2.25. The van der Waals surface area contributed by atoms with E-state index >= 15 is 0 Å². The Morgan fingerprint density at radius 2 is 2.10 bits per heavy atom. The molecular weight excluding hydrogens is 326 g/mol. The topological polar surface area (TPSA) is 66.8 Å². The zero-order chi connectivity index (χ0) is 14.9. The number of carboxylic acids is 1. The largest absolute Gasteiger partial charge is 0.481 e. The molecular formula is C14H16BrNO4. The molecule has 0 radical (unpaired) electrons. The van der Waals surface area contributed by atoms with Crippen LogP contribution in [-0.4, -0.2) is 48.2 Å². The average molecular weight is 342 g/mol. The number of aliphatic carboxylic acids is 1. The standard InChI is InChI=1S/C14H16BrNO4/c1-8-4-3-5-9(12(8)15)13(17)16(2)11-7-20-6-10(11)14(18)19/h3-5,10-11H,6-7H2,1-2H3,(H,18,19). The molecule has 6 heteroatoms. The van der Waals surface area contributed by atoms with E-state index in [0.29, 0.717) is 5.56 Å². The monoisotopic (exact) mass is 341 g/mol. The Hall–Kier alpha value is -1.40. The second-order valence-corrected chi connectivity index (χ2v) is 5.70. The Balaban J connectivity index is 2.24. The summed E-state index contributed by atoms with van der Waals surface area (Å²) in [4.78, 5) is 25.2. The fraction of sp³-hybridized carbons (Fsp3) is 0.429. The molecule has 108 valence electrons. The maximum Gasteiger partial charge on any atom is 0.311 e. The number of hydrogen-bond donors (Lipinski definition) is 1. The van der Waals surface area contributed by atoms with Crippen molar-refractivity contribution in [2.45, 2.75) is 13.0 Å². The minimum Gasteiger partial charge on any atom is -0.481 e. The number of likely N-dealkylation sites (N-methyl/N-ethyl adjacent to an activating group) is 1. The van der Waals surface area contributed by atoms with Gasteiger partial charge in [-0.05, 0) is 34.5 Å². The van der Waals surface area contributed by atoms with E-state index < -0.39 is 17.9 Å². The van der Waals surface area contributed by atoms with Gasteiger partial charge in [-0.25, -0.2) is 0 Å². The number of rotatable bonds is 3. The first-order chi connectivity index (χ1) is 9.43. The van der Waals surface area contributed by atoms with Crippen molar-refractivity contribution in [3.8, 4) is 0 Å². The van der Waals surface area contributed by atoms with Crippen LogP contribution in [0.2, 0.25) is 0 Å². The van der Waals surface area contributed by atoms with E-state index in [4.69, 9.17) is 9.84 Å². The Kier molecular flexibility index (Phi) is 4.45. The van der Waals surface area contributed by atoms with E-state index in [2.05, 4.69) is 15.9 Å². The van der Waals surface area contributed by atoms with E-state index in [1.165, 1.54) is 4.90 Å². The van der Waals surface area contributed by atoms with Gasteiger partial charge in [-0.2, -0.15) is 0 Å². The molecule has 2 atom stereocenters. The van der Waals surface area contributed by atoms with Crippen molar-refractivity contribution in [2.24, 2.45) is 5.92 Å². The first-order valence-corrected chi connectivity index (χ1v) is 7.05. The van der Waals surface area contributed by atoms with Crippen LogP contribution in [0.15, 0.2) is 22.7 Å². The maximum atomic E-state index is 12.5. The molecule has 0 spiro atoms. The van der Waals surface area contributed by atoms with Crippen LogP contribution in [0.4, 0.5) is 0 Å². The van der Waals surface area contributed by atoms with Crippen LogP contribution in [-0.2, 0) is 9.53 Å². The van der Waals surface area contributed by atoms with Gasteiger partial charge in [-0.15, -0.1) is 0 Å². The molecule has 2 rings (SSSR count). The van der Waals surface area contributed by atoms with Gasteiger partial charge in [0, 0.05) is 11.5 Å². The third kappa shape index (κ3) is 2.71. The molecule has 0 aromatic heterocycles. The van der Waals surface area contributed by atoms with E-state index in [-0.39, 0.29) is 19.1 Å². The van der Waals surface area contributed by atoms with Crippen molar-refractivity contribution in [1.29, 1.82) is 0 Å². The van der Waals surface area contributed by atoms with E-state index in [9.17, 15) is 9.59 Å². The molecule has 2 unspecified atom stereocenters. The molecule has 0 bridgehead atoms. The molecule has 1 saturated heterocycles. The number of nitrogens with zero attached hydrogens (tertiary/aromatic N) is 1. The van der Waals surface area contributed by atoms with Gasteiger partial charge in [0.2, 0.25) is 0 Å². The van der Waals surface area contributed by atoms with Gasteiger partial charge in [0.05, 0.1) is 24.8 Å². The van der Waals surface area contributed by atoms with Crippen molar-refractivity contribution >= 4 is 27.8 Å². The number of ether oxygens (including phenoxy) is 1. The zero-order valence-corrected chi connectivity index (χ0v) is 12.9. The smallest absolute Gasteiger partial charge is 0.311 e. The second kappa shape index (κ2) is 5.93. The van der Waals surface area contributed by atoms with E-state index in [0.717, 1.165) is 10.0 Å². The molecule has 1 aromatic rings. The quantitative estimate of drug-likeness (QED) is 0.912. The Morgan fingerprint density at radius 3 is 2.75 bits per heavy atom. The van der Waals surface area contributed by atoms with Crippen molar-refractivity contribution in [3.05, 3.63) is 33.8 Å². The Morgan fingerprint density at radius 1 is 1.40 bits per heavy atom. The normalized spacial score (nSPS) is 21.8. The minimum absolute atomic E-state index is 0.145. The van der Waals surface area contributed by atoms with E-state index in [1.807, 2.05) is 13.0 Å². The maximum absolute atomic E-state index is 12.5. The first kappa shape index (κ1) is 15.0. The summed E-state index contributed by atoms with van der Waals surface area (Å²) < 4.78 is 5.94. The number of hydrogen-bond acceptors (Lipinski definition) is 3. The van der Waals surface area contributed by atoms with Gasteiger partial charge in [0.1, 0.15) is 5.92 Å². The van der Waals surface area contributed by atoms with Gasteiger partial charge in [-0.3, -0.25) is 9.59 Å². The molecule has 0 aliphatic carbocycles. The Labute approximate surface area is 125 Å². The van der Waals surface area contributed by atoms with Crippen molar-refractivity contribution in [3.63, 3.8) is 0 Å². The number of amides is 1. The number of carbonyl (C=O) groups excluding carboxylic acids is 1. The van der Waals surface area contributed by atoms with Crippen molar-refractivity contribution in [2.75, 3.05) is 20.3 Å². The molecule has 1 aliphatic rings. The molecule has 1 aliphatic heterocycles. The summed E-state index contributed by atoms with van der Waals surface area (Å²) in [7, 11) is 1.62. The first-order valence-electron chi connectivity index (χ1n) is 6.26. The van der Waals surface area contributed by atoms with Gasteiger partial charge >= 0.3 is 5.97 Å². The van der Waals surface area contributed by atoms with Crippen molar-refractivity contribution < 1.29 is 19.4 Å². The minimum atomic E-state index is -0.935. The predicted molar refractivity (Wildman–Crippen MR) is 76.7 cm³/mol. The summed E-state index contributed by atoms with van der Waals surface area (Å²) in [6.07, 6.45) is 0. The Bertz CT molecular complexity index is 546. The van der Waals surface area contributed by atoms with Crippen LogP contribution in [0.3, 0.4) is 0 Å². The summed E-state index contributed by atoms with van der Waals surface area (Å²) in [6, 6.07) is 5.00. The number of carbonyl (C=O) groups is 2. The van der Waals surface area contributed by atoms with Crippen LogP contribution in [0.25, 0.3) is 0 Å². The average Bonchev–Trinajstić information content (AvgIpc) is 2.89. The fourth-order valence-corrected chi connectivity index (χ4v) is 2.75. The number of carboxylic acid groups (broad SMARTS) is 1. The molecule has 1 fully saturated rings. The molecule has 1 N–H and O–H groups in total. The van der Waals surface area contributed by atoms with Crippen LogP contribution in [0.5, 0.6) is 0 Å². The fourth-order valence-electron chi connectivity index (χ4n) is 2.31. The molecule has 1 amide bonds. The number of benzene rings is 1. The summed E-state index contributed by atoms with van der Waals surface area (Å²) in [5.41, 5.74) is 1.49. The second-order valence-electron chi connectivity index (χ2n) is 4.90. The van der Waals surface area contributed by atoms with Crippen LogP contribution < -0.4 is 0 Å². The van der Waals surface area contributed by atoms with E-state index in [1.54, 1.807) is 19.2 Å². The molecule has 1 heterocycles. The number of aryl methyl sites for hydroxylation is 1. The van der Waals surface area contributed by atoms with Crippen LogP contribution >= 0.6 is 15.9 Å². The van der Waals surface area contributed by atoms with Crippen LogP contribution in [0.1, 0.15) is 15.9 Å². The highest BCUT2D eigenvalue weighted by molar-refractivity contribution is 9.10. The van der Waals surface area contributed by atoms with Crippen molar-refractivity contribution in [1.82, 2.24) is 4.90 Å². The lowest BCUT2D eigenvalue weighted by Crippen LogP contribution is -2.44. The third-order valence-electron chi connectivity index (χ3n) is 3.61. The summed E-state index contributed by atoms with van der Waals surface area (Å²) >= 11 is 3.41. The molecule has 5 nitrogen and oxygen atoms in total. The molecule has 0 saturated carbocycles. The summed E-state index contributed by atoms with van der Waals surface area (Å²) in [5, 5.41) is 9.16. The highest BCUT2D eigenvalue weighted by Gasteiger charge is 2.38. The lowest BCUT2D eigenvalue weighted by atomic mass is 10.0. The highest BCUT2D eigenvalue weighted by atomic mass is 79.9. The number of halogens is 1. The summed E-state index contributed by atoms with van der Waals surface area (Å²) in [6.45, 7) is 2.30. The molecule has 1 aromatic carbocycles. The van der Waals surface area contributed by atoms with Gasteiger partial charge in [0.25, 0.3) is 5.91 Å². The lowest BCUT2D eigenvalue weighted by Gasteiger charge is -2.27.